The lowest BCUT2D eigenvalue weighted by atomic mass is 9.89. The molecule has 1 aliphatic rings. The molecule has 2 atom stereocenters. The Morgan fingerprint density at radius 1 is 1.31 bits per heavy atom. The number of rotatable bonds is 6. The third-order valence-corrected chi connectivity index (χ3v) is 6.95. The van der Waals surface area contributed by atoms with Gasteiger partial charge in [0, 0.05) is 16.0 Å². The summed E-state index contributed by atoms with van der Waals surface area (Å²) < 4.78 is 5.64. The van der Waals surface area contributed by atoms with Crippen molar-refractivity contribution in [3.05, 3.63) is 47.1 Å². The second-order valence-electron chi connectivity index (χ2n) is 6.80. The second-order valence-corrected chi connectivity index (χ2v) is 8.89. The number of hydrogen-bond acceptors (Lipinski definition) is 6. The third-order valence-electron chi connectivity index (χ3n) is 4.65. The van der Waals surface area contributed by atoms with Crippen molar-refractivity contribution in [2.45, 2.75) is 37.3 Å². The summed E-state index contributed by atoms with van der Waals surface area (Å²) in [5.74, 6) is 2.08. The zero-order valence-electron chi connectivity index (χ0n) is 14.7. The molecule has 1 aromatic carbocycles. The largest absolute Gasteiger partial charge is 0.491 e. The number of hydrogen-bond donors (Lipinski definition) is 1. The predicted molar refractivity (Wildman–Crippen MR) is 107 cm³/mol. The maximum absolute atomic E-state index is 10.3. The Bertz CT molecular complexity index is 882. The average molecular weight is 387 g/mol. The highest BCUT2D eigenvalue weighted by atomic mass is 32.2. The highest BCUT2D eigenvalue weighted by Crippen LogP contribution is 2.40. The van der Waals surface area contributed by atoms with E-state index in [4.69, 9.17) is 4.74 Å². The van der Waals surface area contributed by atoms with E-state index in [1.807, 2.05) is 41.7 Å². The lowest BCUT2D eigenvalue weighted by molar-refractivity contribution is 0.126. The van der Waals surface area contributed by atoms with Gasteiger partial charge in [-0.15, -0.1) is 23.1 Å². The molecule has 0 saturated carbocycles. The van der Waals surface area contributed by atoms with Crippen LogP contribution in [0.2, 0.25) is 0 Å². The van der Waals surface area contributed by atoms with Crippen LogP contribution in [0.25, 0.3) is 10.2 Å². The Kier molecular flexibility index (Phi) is 5.43. The zero-order valence-corrected chi connectivity index (χ0v) is 16.4. The van der Waals surface area contributed by atoms with Gasteiger partial charge < -0.3 is 9.84 Å². The van der Waals surface area contributed by atoms with E-state index in [1.165, 1.54) is 22.2 Å². The normalized spacial score (nSPS) is 17.8. The van der Waals surface area contributed by atoms with E-state index in [9.17, 15) is 5.11 Å². The summed E-state index contributed by atoms with van der Waals surface area (Å²) in [5.41, 5.74) is 1.43. The van der Waals surface area contributed by atoms with Gasteiger partial charge in [-0.05, 0) is 42.9 Å². The molecule has 0 spiro atoms. The number of aliphatic hydroxyl groups is 1. The fourth-order valence-electron chi connectivity index (χ4n) is 3.29. The van der Waals surface area contributed by atoms with Crippen LogP contribution in [0.15, 0.2) is 41.7 Å². The number of nitrogens with zero attached hydrogens (tertiary/aromatic N) is 2. The van der Waals surface area contributed by atoms with E-state index in [0.717, 1.165) is 34.4 Å². The molecule has 4 nitrogen and oxygen atoms in total. The summed E-state index contributed by atoms with van der Waals surface area (Å²) in [6.45, 7) is 2.60. The number of thioether (sulfide) groups is 1. The molecule has 136 valence electrons. The first-order chi connectivity index (χ1) is 12.7. The summed E-state index contributed by atoms with van der Waals surface area (Å²) in [6.07, 6.45) is 4.58. The highest BCUT2D eigenvalue weighted by molar-refractivity contribution is 7.99. The van der Waals surface area contributed by atoms with Crippen LogP contribution in [-0.4, -0.2) is 33.5 Å². The van der Waals surface area contributed by atoms with Crippen LogP contribution < -0.4 is 4.74 Å². The van der Waals surface area contributed by atoms with Crippen molar-refractivity contribution in [3.8, 4) is 5.75 Å². The monoisotopic (exact) mass is 386 g/mol. The summed E-state index contributed by atoms with van der Waals surface area (Å²) in [6, 6.07) is 9.59. The van der Waals surface area contributed by atoms with Gasteiger partial charge in [-0.1, -0.05) is 25.1 Å². The molecule has 4 rings (SSSR count). The maximum Gasteiger partial charge on any atom is 0.128 e. The highest BCUT2D eigenvalue weighted by Gasteiger charge is 2.23. The molecule has 0 bridgehead atoms. The second kappa shape index (κ2) is 7.94. The van der Waals surface area contributed by atoms with E-state index < -0.39 is 6.10 Å². The molecule has 0 unspecified atom stereocenters. The Hall–Kier alpha value is -1.63. The standard InChI is InChI=1S/C20H22N2O2S2/c1-13-7-8-16-17(9-13)26-20-18(16)19(21-12-22-20)25-11-14(23)10-24-15-5-3-2-4-6-15/h2-6,12-14,23H,7-11H2,1H3/t13-,14+/m1/s1. The topological polar surface area (TPSA) is 55.2 Å². The van der Waals surface area contributed by atoms with Crippen molar-refractivity contribution >= 4 is 33.3 Å². The Morgan fingerprint density at radius 3 is 3.00 bits per heavy atom. The van der Waals surface area contributed by atoms with Crippen LogP contribution in [0.3, 0.4) is 0 Å². The average Bonchev–Trinajstić information content (AvgIpc) is 3.03. The van der Waals surface area contributed by atoms with Gasteiger partial charge in [0.2, 0.25) is 0 Å². The van der Waals surface area contributed by atoms with Crippen molar-refractivity contribution < 1.29 is 9.84 Å². The molecule has 6 heteroatoms. The molecule has 0 saturated heterocycles. The molecule has 1 N–H and O–H groups in total. The number of fused-ring (bicyclic) bond motifs is 3. The lowest BCUT2D eigenvalue weighted by Gasteiger charge is -2.18. The quantitative estimate of drug-likeness (QED) is 0.504. The number of para-hydroxylation sites is 1. The van der Waals surface area contributed by atoms with Crippen molar-refractivity contribution in [1.82, 2.24) is 9.97 Å². The summed E-state index contributed by atoms with van der Waals surface area (Å²) in [7, 11) is 0. The van der Waals surface area contributed by atoms with Crippen LogP contribution in [-0.2, 0) is 12.8 Å². The maximum atomic E-state index is 10.3. The van der Waals surface area contributed by atoms with E-state index in [2.05, 4.69) is 16.9 Å². The van der Waals surface area contributed by atoms with Crippen molar-refractivity contribution in [2.24, 2.45) is 5.92 Å². The fourth-order valence-corrected chi connectivity index (χ4v) is 5.64. The minimum atomic E-state index is -0.542. The molecule has 2 heterocycles. The minimum absolute atomic E-state index is 0.282. The van der Waals surface area contributed by atoms with Gasteiger partial charge in [0.1, 0.15) is 28.5 Å². The number of aryl methyl sites for hydroxylation is 1. The molecule has 3 aromatic rings. The Labute approximate surface area is 161 Å². The molecule has 1 aliphatic carbocycles. The van der Waals surface area contributed by atoms with Gasteiger partial charge in [0.15, 0.2) is 0 Å². The van der Waals surface area contributed by atoms with Gasteiger partial charge in [-0.3, -0.25) is 0 Å². The molecule has 0 radical (unpaired) electrons. The number of aromatic nitrogens is 2. The van der Waals surface area contributed by atoms with Crippen molar-refractivity contribution in [1.29, 1.82) is 0 Å². The lowest BCUT2D eigenvalue weighted by Crippen LogP contribution is -2.20. The number of ether oxygens (including phenoxy) is 1. The molecule has 2 aromatic heterocycles. The van der Waals surface area contributed by atoms with E-state index in [1.54, 1.807) is 18.1 Å². The molecule has 0 aliphatic heterocycles. The molecule has 26 heavy (non-hydrogen) atoms. The molecular formula is C20H22N2O2S2. The van der Waals surface area contributed by atoms with Gasteiger partial charge >= 0.3 is 0 Å². The summed E-state index contributed by atoms with van der Waals surface area (Å²) >= 11 is 3.40. The van der Waals surface area contributed by atoms with Crippen molar-refractivity contribution in [2.75, 3.05) is 12.4 Å². The van der Waals surface area contributed by atoms with Crippen LogP contribution in [0.1, 0.15) is 23.8 Å². The zero-order chi connectivity index (χ0) is 17.9. The van der Waals surface area contributed by atoms with E-state index >= 15 is 0 Å². The Morgan fingerprint density at radius 2 is 2.15 bits per heavy atom. The molecule has 0 fully saturated rings. The number of thiophene rings is 1. The first-order valence-corrected chi connectivity index (χ1v) is 10.7. The van der Waals surface area contributed by atoms with E-state index in [0.29, 0.717) is 5.75 Å². The summed E-state index contributed by atoms with van der Waals surface area (Å²) in [4.78, 5) is 11.5. The SMILES string of the molecule is C[C@@H]1CCc2c(sc3ncnc(SC[C@@H](O)COc4ccccc4)c23)C1. The van der Waals surface area contributed by atoms with Crippen LogP contribution in [0, 0.1) is 5.92 Å². The first-order valence-electron chi connectivity index (χ1n) is 8.94. The number of aliphatic hydroxyl groups excluding tert-OH is 1. The predicted octanol–water partition coefficient (Wildman–Crippen LogP) is 4.35. The first kappa shape index (κ1) is 17.8. The van der Waals surface area contributed by atoms with E-state index in [-0.39, 0.29) is 6.61 Å². The third kappa shape index (κ3) is 3.87. The van der Waals surface area contributed by atoms with Gasteiger partial charge in [-0.2, -0.15) is 0 Å². The summed E-state index contributed by atoms with van der Waals surface area (Å²) in [5, 5.41) is 12.5. The van der Waals surface area contributed by atoms with Gasteiger partial charge in [0.05, 0.1) is 6.10 Å². The van der Waals surface area contributed by atoms with Gasteiger partial charge in [-0.25, -0.2) is 9.97 Å². The smallest absolute Gasteiger partial charge is 0.128 e. The van der Waals surface area contributed by atoms with Gasteiger partial charge in [0.25, 0.3) is 0 Å². The van der Waals surface area contributed by atoms with Crippen LogP contribution >= 0.6 is 23.1 Å². The minimum Gasteiger partial charge on any atom is -0.491 e. The Balaban J connectivity index is 1.44. The van der Waals surface area contributed by atoms with Crippen molar-refractivity contribution in [3.63, 3.8) is 0 Å². The van der Waals surface area contributed by atoms with Crippen LogP contribution in [0.4, 0.5) is 0 Å². The molecular weight excluding hydrogens is 364 g/mol. The number of benzene rings is 1. The van der Waals surface area contributed by atoms with Crippen LogP contribution in [0.5, 0.6) is 5.75 Å². The molecule has 0 amide bonds. The fraction of sp³-hybridized carbons (Fsp3) is 0.400.